The minimum absolute atomic E-state index is 0.405. The summed E-state index contributed by atoms with van der Waals surface area (Å²) >= 11 is 0. The monoisotopic (exact) mass is 485 g/mol. The molecule has 0 radical (unpaired) electrons. The molecule has 2 unspecified atom stereocenters. The predicted molar refractivity (Wildman–Crippen MR) is 142 cm³/mol. The van der Waals surface area contributed by atoms with Crippen molar-refractivity contribution >= 4 is 29.0 Å². The number of esters is 2. The molecule has 0 saturated carbocycles. The Morgan fingerprint density at radius 1 is 0.722 bits per heavy atom. The second-order valence-electron chi connectivity index (χ2n) is 8.18. The van der Waals surface area contributed by atoms with E-state index in [4.69, 9.17) is 14.2 Å². The Hall–Kier alpha value is -4.32. The standard InChI is InChI=1S/C30H31NO5/c1-6-28(32)35-21(3)30(22(4)36-29(33)7-2)23-13-15-25(16-14-23)31(24-11-9-8-10-12-24)26-17-19-27(34-5)20-18-26/h6-22,30H,1-2H2,3-5H3. The maximum atomic E-state index is 11.9. The van der Waals surface area contributed by atoms with Crippen molar-refractivity contribution in [2.45, 2.75) is 32.0 Å². The molecule has 6 nitrogen and oxygen atoms in total. The maximum absolute atomic E-state index is 11.9. The fraction of sp³-hybridized carbons (Fsp3) is 0.200. The Morgan fingerprint density at radius 3 is 1.61 bits per heavy atom. The summed E-state index contributed by atoms with van der Waals surface area (Å²) in [6.07, 6.45) is 1.09. The quantitative estimate of drug-likeness (QED) is 0.229. The predicted octanol–water partition coefficient (Wildman–Crippen LogP) is 6.48. The van der Waals surface area contributed by atoms with E-state index in [0.29, 0.717) is 0 Å². The van der Waals surface area contributed by atoms with Crippen LogP contribution in [0.1, 0.15) is 25.3 Å². The Morgan fingerprint density at radius 2 is 1.17 bits per heavy atom. The van der Waals surface area contributed by atoms with Gasteiger partial charge in [0, 0.05) is 29.2 Å². The summed E-state index contributed by atoms with van der Waals surface area (Å²) < 4.78 is 16.3. The summed E-state index contributed by atoms with van der Waals surface area (Å²) in [6.45, 7) is 10.5. The van der Waals surface area contributed by atoms with Gasteiger partial charge in [0.25, 0.3) is 0 Å². The smallest absolute Gasteiger partial charge is 0.330 e. The first-order valence-corrected chi connectivity index (χ1v) is 11.6. The molecule has 0 spiro atoms. The van der Waals surface area contributed by atoms with E-state index in [1.54, 1.807) is 21.0 Å². The third-order valence-corrected chi connectivity index (χ3v) is 5.83. The number of ether oxygens (including phenoxy) is 3. The first-order chi connectivity index (χ1) is 17.4. The number of hydrogen-bond acceptors (Lipinski definition) is 6. The van der Waals surface area contributed by atoms with E-state index in [0.717, 1.165) is 40.5 Å². The molecule has 2 atom stereocenters. The summed E-state index contributed by atoms with van der Waals surface area (Å²) in [7, 11) is 1.64. The lowest BCUT2D eigenvalue weighted by molar-refractivity contribution is -0.149. The van der Waals surface area contributed by atoms with Crippen LogP contribution in [0.3, 0.4) is 0 Å². The molecule has 3 aromatic carbocycles. The summed E-state index contributed by atoms with van der Waals surface area (Å²) in [6, 6.07) is 25.7. The summed E-state index contributed by atoms with van der Waals surface area (Å²) in [5.41, 5.74) is 3.75. The van der Waals surface area contributed by atoms with Crippen LogP contribution in [0.2, 0.25) is 0 Å². The highest BCUT2D eigenvalue weighted by molar-refractivity contribution is 5.82. The van der Waals surface area contributed by atoms with E-state index < -0.39 is 30.1 Å². The van der Waals surface area contributed by atoms with Crippen LogP contribution in [-0.4, -0.2) is 31.3 Å². The molecule has 36 heavy (non-hydrogen) atoms. The number of nitrogens with zero attached hydrogens (tertiary/aromatic N) is 1. The Labute approximate surface area is 212 Å². The molecule has 186 valence electrons. The molecule has 3 rings (SSSR count). The first-order valence-electron chi connectivity index (χ1n) is 11.6. The van der Waals surface area contributed by atoms with Crippen molar-refractivity contribution in [1.29, 1.82) is 0 Å². The van der Waals surface area contributed by atoms with Crippen LogP contribution in [0.4, 0.5) is 17.1 Å². The average Bonchev–Trinajstić information content (AvgIpc) is 2.90. The Bertz CT molecular complexity index is 1140. The number of para-hydroxylation sites is 1. The van der Waals surface area contributed by atoms with Crippen LogP contribution in [-0.2, 0) is 19.1 Å². The van der Waals surface area contributed by atoms with Crippen LogP contribution in [0.15, 0.2) is 104 Å². The highest BCUT2D eigenvalue weighted by Crippen LogP contribution is 2.37. The minimum Gasteiger partial charge on any atom is -0.497 e. The van der Waals surface area contributed by atoms with Gasteiger partial charge in [-0.1, -0.05) is 43.5 Å². The van der Waals surface area contributed by atoms with Crippen LogP contribution < -0.4 is 9.64 Å². The molecule has 0 N–H and O–H groups in total. The lowest BCUT2D eigenvalue weighted by atomic mass is 9.89. The molecule has 0 aliphatic carbocycles. The first kappa shape index (κ1) is 26.3. The van der Waals surface area contributed by atoms with E-state index in [-0.39, 0.29) is 0 Å². The van der Waals surface area contributed by atoms with Gasteiger partial charge in [-0.15, -0.1) is 0 Å². The number of benzene rings is 3. The van der Waals surface area contributed by atoms with Crippen molar-refractivity contribution in [3.63, 3.8) is 0 Å². The molecule has 0 amide bonds. The van der Waals surface area contributed by atoms with Crippen LogP contribution in [0.5, 0.6) is 5.75 Å². The van der Waals surface area contributed by atoms with Crippen molar-refractivity contribution in [1.82, 2.24) is 0 Å². The van der Waals surface area contributed by atoms with Gasteiger partial charge in [-0.25, -0.2) is 9.59 Å². The van der Waals surface area contributed by atoms with Crippen LogP contribution >= 0.6 is 0 Å². The van der Waals surface area contributed by atoms with Crippen LogP contribution in [0.25, 0.3) is 0 Å². The van der Waals surface area contributed by atoms with Gasteiger partial charge in [0.2, 0.25) is 0 Å². The number of carbonyl (C=O) groups is 2. The van der Waals surface area contributed by atoms with Gasteiger partial charge in [-0.05, 0) is 67.9 Å². The number of hydrogen-bond donors (Lipinski definition) is 0. The largest absolute Gasteiger partial charge is 0.497 e. The molecule has 3 aromatic rings. The lowest BCUT2D eigenvalue weighted by Gasteiger charge is -2.30. The summed E-state index contributed by atoms with van der Waals surface area (Å²) in [5, 5.41) is 0. The van der Waals surface area contributed by atoms with Gasteiger partial charge in [-0.3, -0.25) is 0 Å². The third kappa shape index (κ3) is 6.42. The van der Waals surface area contributed by atoms with Gasteiger partial charge in [0.15, 0.2) is 0 Å². The van der Waals surface area contributed by atoms with Crippen molar-refractivity contribution < 1.29 is 23.8 Å². The number of methoxy groups -OCH3 is 1. The SMILES string of the molecule is C=CC(=O)OC(C)C(c1ccc(N(c2ccccc2)c2ccc(OC)cc2)cc1)C(C)OC(=O)C=C. The van der Waals surface area contributed by atoms with Crippen molar-refractivity contribution in [3.05, 3.63) is 110 Å². The Kier molecular flexibility index (Phi) is 9.06. The second-order valence-corrected chi connectivity index (χ2v) is 8.18. The average molecular weight is 486 g/mol. The van der Waals surface area contributed by atoms with Crippen molar-refractivity contribution in [2.24, 2.45) is 0 Å². The van der Waals surface area contributed by atoms with Gasteiger partial charge >= 0.3 is 11.9 Å². The highest BCUT2D eigenvalue weighted by Gasteiger charge is 2.30. The lowest BCUT2D eigenvalue weighted by Crippen LogP contribution is -2.32. The van der Waals surface area contributed by atoms with Crippen LogP contribution in [0, 0.1) is 0 Å². The van der Waals surface area contributed by atoms with Gasteiger partial charge < -0.3 is 19.1 Å². The fourth-order valence-electron chi connectivity index (χ4n) is 4.13. The molecular formula is C30H31NO5. The number of anilines is 3. The third-order valence-electron chi connectivity index (χ3n) is 5.83. The minimum atomic E-state index is -0.569. The fourth-order valence-corrected chi connectivity index (χ4v) is 4.13. The van der Waals surface area contributed by atoms with E-state index in [2.05, 4.69) is 18.1 Å². The molecule has 6 heteroatoms. The van der Waals surface area contributed by atoms with Crippen molar-refractivity contribution in [2.75, 3.05) is 12.0 Å². The number of carbonyl (C=O) groups excluding carboxylic acids is 2. The zero-order valence-electron chi connectivity index (χ0n) is 20.8. The zero-order chi connectivity index (χ0) is 26.1. The molecule has 0 bridgehead atoms. The number of rotatable bonds is 11. The van der Waals surface area contributed by atoms with Gasteiger partial charge in [0.1, 0.15) is 18.0 Å². The zero-order valence-corrected chi connectivity index (χ0v) is 20.8. The van der Waals surface area contributed by atoms with Gasteiger partial charge in [-0.2, -0.15) is 0 Å². The van der Waals surface area contributed by atoms with Gasteiger partial charge in [0.05, 0.1) is 13.0 Å². The van der Waals surface area contributed by atoms with E-state index in [1.807, 2.05) is 78.9 Å². The molecule has 0 aliphatic rings. The second kappa shape index (κ2) is 12.4. The highest BCUT2D eigenvalue weighted by atomic mass is 16.6. The molecule has 0 heterocycles. The molecular weight excluding hydrogens is 454 g/mol. The maximum Gasteiger partial charge on any atom is 0.330 e. The van der Waals surface area contributed by atoms with E-state index in [1.165, 1.54) is 0 Å². The van der Waals surface area contributed by atoms with Crippen molar-refractivity contribution in [3.8, 4) is 5.75 Å². The topological polar surface area (TPSA) is 65.1 Å². The Balaban J connectivity index is 1.99. The molecule has 0 aromatic heterocycles. The molecule has 0 fully saturated rings. The normalized spacial score (nSPS) is 13.0. The summed E-state index contributed by atoms with van der Waals surface area (Å²) in [5.74, 6) is -0.712. The van der Waals surface area contributed by atoms with E-state index >= 15 is 0 Å². The summed E-state index contributed by atoms with van der Waals surface area (Å²) in [4.78, 5) is 25.9. The molecule has 0 aliphatic heterocycles. The van der Waals surface area contributed by atoms with E-state index in [9.17, 15) is 9.59 Å². The molecule has 0 saturated heterocycles.